The van der Waals surface area contributed by atoms with E-state index in [0.29, 0.717) is 19.6 Å². The molecule has 1 atom stereocenters. The molecule has 9 heteroatoms. The molecule has 1 aromatic carbocycles. The van der Waals surface area contributed by atoms with E-state index in [2.05, 4.69) is 10.2 Å². The number of β-amino-alcohol motifs (C(OH)–C–C–N with tert-alkyl or cyclic N) is 1. The first-order valence-corrected chi connectivity index (χ1v) is 10.6. The van der Waals surface area contributed by atoms with Crippen LogP contribution in [0.2, 0.25) is 0 Å². The summed E-state index contributed by atoms with van der Waals surface area (Å²) in [6.07, 6.45) is 4.20. The first kappa shape index (κ1) is 24.6. The molecule has 2 aliphatic heterocycles. The van der Waals surface area contributed by atoms with Crippen LogP contribution in [0.1, 0.15) is 31.2 Å². The van der Waals surface area contributed by atoms with Crippen molar-refractivity contribution in [3.05, 3.63) is 29.8 Å². The van der Waals surface area contributed by atoms with Crippen molar-refractivity contribution in [3.8, 4) is 5.75 Å². The number of aliphatic hydroxyl groups excluding tert-OH is 1. The van der Waals surface area contributed by atoms with Gasteiger partial charge < -0.3 is 25.2 Å². The van der Waals surface area contributed by atoms with Gasteiger partial charge in [0.05, 0.1) is 20.3 Å². The van der Waals surface area contributed by atoms with E-state index in [4.69, 9.17) is 14.6 Å². The van der Waals surface area contributed by atoms with Crippen LogP contribution in [0.4, 0.5) is 0 Å². The molecule has 2 heterocycles. The van der Waals surface area contributed by atoms with Gasteiger partial charge >= 0.3 is 0 Å². The fourth-order valence-electron chi connectivity index (χ4n) is 4.46. The highest BCUT2D eigenvalue weighted by Gasteiger charge is 2.50. The zero-order chi connectivity index (χ0) is 22.7. The Labute approximate surface area is 183 Å². The Hall–Kier alpha value is -2.65. The van der Waals surface area contributed by atoms with E-state index in [1.165, 1.54) is 0 Å². The van der Waals surface area contributed by atoms with Crippen LogP contribution in [0, 0.1) is 0 Å². The predicted molar refractivity (Wildman–Crippen MR) is 115 cm³/mol. The van der Waals surface area contributed by atoms with Crippen molar-refractivity contribution >= 4 is 18.3 Å². The third kappa shape index (κ3) is 6.41. The molecule has 2 fully saturated rings. The fourth-order valence-corrected chi connectivity index (χ4v) is 4.46. The highest BCUT2D eigenvalue weighted by Crippen LogP contribution is 2.37. The molecule has 2 amide bonds. The molecule has 1 unspecified atom stereocenters. The Morgan fingerprint density at radius 2 is 1.87 bits per heavy atom. The summed E-state index contributed by atoms with van der Waals surface area (Å²) in [4.78, 5) is 37.7. The van der Waals surface area contributed by atoms with E-state index < -0.39 is 5.54 Å². The van der Waals surface area contributed by atoms with E-state index in [9.17, 15) is 14.7 Å². The van der Waals surface area contributed by atoms with Crippen molar-refractivity contribution in [1.29, 1.82) is 0 Å². The molecule has 1 aromatic rings. The maximum Gasteiger partial charge on any atom is 0.290 e. The number of hydrogen-bond acceptors (Lipinski definition) is 6. The zero-order valence-electron chi connectivity index (χ0n) is 18.1. The van der Waals surface area contributed by atoms with Crippen LogP contribution < -0.4 is 10.1 Å². The third-order valence-electron chi connectivity index (χ3n) is 5.93. The number of methoxy groups -OCH3 is 1. The van der Waals surface area contributed by atoms with Gasteiger partial charge in [-0.15, -0.1) is 0 Å². The minimum Gasteiger partial charge on any atom is -0.497 e. The summed E-state index contributed by atoms with van der Waals surface area (Å²) in [7, 11) is 1.64. The number of carboxylic acid groups (broad SMARTS) is 1. The lowest BCUT2D eigenvalue weighted by atomic mass is 9.85. The van der Waals surface area contributed by atoms with Gasteiger partial charge in [-0.3, -0.25) is 19.3 Å². The maximum absolute atomic E-state index is 13.0. The molecule has 172 valence electrons. The smallest absolute Gasteiger partial charge is 0.290 e. The molecule has 0 bridgehead atoms. The van der Waals surface area contributed by atoms with E-state index >= 15 is 0 Å². The second-order valence-corrected chi connectivity index (χ2v) is 7.73. The van der Waals surface area contributed by atoms with Crippen LogP contribution in [0.3, 0.4) is 0 Å². The molecule has 9 nitrogen and oxygen atoms in total. The summed E-state index contributed by atoms with van der Waals surface area (Å²) in [5, 5.41) is 19.1. The SMILES string of the molecule is COc1ccc(CCNC(=O)CN2CCCC23CCCN(CCO)C3=O)cc1.O=CO. The minimum absolute atomic E-state index is 0.0202. The number of carbonyl (C=O) groups excluding carboxylic acids is 2. The normalized spacial score (nSPS) is 20.8. The van der Waals surface area contributed by atoms with Crippen LogP contribution in [0.15, 0.2) is 24.3 Å². The van der Waals surface area contributed by atoms with E-state index in [1.54, 1.807) is 12.0 Å². The molecule has 0 aliphatic carbocycles. The molecule has 2 aliphatic rings. The average Bonchev–Trinajstić information content (AvgIpc) is 3.15. The second-order valence-electron chi connectivity index (χ2n) is 7.73. The van der Waals surface area contributed by atoms with Crippen molar-refractivity contribution < 1.29 is 29.3 Å². The van der Waals surface area contributed by atoms with Crippen LogP contribution in [0.25, 0.3) is 0 Å². The lowest BCUT2D eigenvalue weighted by molar-refractivity contribution is -0.148. The molecule has 3 N–H and O–H groups in total. The summed E-state index contributed by atoms with van der Waals surface area (Å²) in [5.74, 6) is 0.859. The highest BCUT2D eigenvalue weighted by molar-refractivity contribution is 5.88. The van der Waals surface area contributed by atoms with E-state index in [1.807, 2.05) is 24.3 Å². The fraction of sp³-hybridized carbons (Fsp3) is 0.591. The summed E-state index contributed by atoms with van der Waals surface area (Å²) >= 11 is 0. The Morgan fingerprint density at radius 3 is 2.48 bits per heavy atom. The number of nitrogens with one attached hydrogen (secondary N) is 1. The average molecular weight is 436 g/mol. The molecule has 0 aromatic heterocycles. The molecule has 31 heavy (non-hydrogen) atoms. The lowest BCUT2D eigenvalue weighted by Crippen LogP contribution is -2.61. The number of rotatable bonds is 8. The van der Waals surface area contributed by atoms with Gasteiger partial charge in [0, 0.05) is 19.6 Å². The number of likely N-dealkylation sites (tertiary alicyclic amines) is 2. The first-order chi connectivity index (χ1) is 15.0. The molecule has 0 saturated carbocycles. The van der Waals surface area contributed by atoms with Gasteiger partial charge in [-0.05, 0) is 56.3 Å². The molecule has 1 spiro atoms. The van der Waals surface area contributed by atoms with Gasteiger partial charge in [0.2, 0.25) is 11.8 Å². The number of benzene rings is 1. The van der Waals surface area contributed by atoms with Crippen molar-refractivity contribution in [2.75, 3.05) is 46.4 Å². The Bertz CT molecular complexity index is 724. The van der Waals surface area contributed by atoms with Crippen molar-refractivity contribution in [2.24, 2.45) is 0 Å². The monoisotopic (exact) mass is 435 g/mol. The largest absolute Gasteiger partial charge is 0.497 e. The topological polar surface area (TPSA) is 119 Å². The number of aliphatic hydroxyl groups is 1. The van der Waals surface area contributed by atoms with Gasteiger partial charge in [-0.1, -0.05) is 12.1 Å². The second kappa shape index (κ2) is 12.3. The van der Waals surface area contributed by atoms with Gasteiger partial charge in [-0.25, -0.2) is 0 Å². The van der Waals surface area contributed by atoms with E-state index in [0.717, 1.165) is 50.0 Å². The van der Waals surface area contributed by atoms with Gasteiger partial charge in [0.25, 0.3) is 6.47 Å². The van der Waals surface area contributed by atoms with Crippen molar-refractivity contribution in [1.82, 2.24) is 15.1 Å². The third-order valence-corrected chi connectivity index (χ3v) is 5.93. The summed E-state index contributed by atoms with van der Waals surface area (Å²) in [6, 6.07) is 7.82. The van der Waals surface area contributed by atoms with Gasteiger partial charge in [0.15, 0.2) is 0 Å². The van der Waals surface area contributed by atoms with E-state index in [-0.39, 0.29) is 31.4 Å². The Morgan fingerprint density at radius 1 is 1.23 bits per heavy atom. The van der Waals surface area contributed by atoms with Crippen molar-refractivity contribution in [2.45, 2.75) is 37.6 Å². The molecule has 3 rings (SSSR count). The standard InChI is InChI=1S/C21H31N3O4.CH2O2/c1-28-18-6-4-17(5-7-18)8-11-22-19(26)16-24-13-3-10-21(24)9-2-12-23(14-15-25)20(21)27;2-1-3/h4-7,25H,2-3,8-16H2,1H3,(H,22,26);1H,(H,2,3). The van der Waals surface area contributed by atoms with Gasteiger partial charge in [-0.2, -0.15) is 0 Å². The Balaban J connectivity index is 0.00000107. The molecular weight excluding hydrogens is 402 g/mol. The number of amides is 2. The summed E-state index contributed by atoms with van der Waals surface area (Å²) in [5.41, 5.74) is 0.585. The van der Waals surface area contributed by atoms with Gasteiger partial charge in [0.1, 0.15) is 11.3 Å². The number of hydrogen-bond donors (Lipinski definition) is 3. The summed E-state index contributed by atoms with van der Waals surface area (Å²) < 4.78 is 5.15. The predicted octanol–water partition coefficient (Wildman–Crippen LogP) is 0.504. The zero-order valence-corrected chi connectivity index (χ0v) is 18.1. The maximum atomic E-state index is 13.0. The molecule has 0 radical (unpaired) electrons. The Kier molecular flexibility index (Phi) is 9.74. The van der Waals surface area contributed by atoms with Crippen LogP contribution in [0.5, 0.6) is 5.75 Å². The van der Waals surface area contributed by atoms with Crippen molar-refractivity contribution in [3.63, 3.8) is 0 Å². The van der Waals surface area contributed by atoms with Crippen LogP contribution in [-0.2, 0) is 20.8 Å². The quantitative estimate of drug-likeness (QED) is 0.509. The summed E-state index contributed by atoms with van der Waals surface area (Å²) in [6.45, 7) is 2.39. The number of carbonyl (C=O) groups is 3. The molecular formula is C22H33N3O6. The number of piperidine rings is 1. The number of ether oxygens (including phenoxy) is 1. The highest BCUT2D eigenvalue weighted by atomic mass is 16.5. The molecule has 2 saturated heterocycles. The van der Waals surface area contributed by atoms with Crippen LogP contribution in [-0.4, -0.2) is 90.3 Å². The lowest BCUT2D eigenvalue weighted by Gasteiger charge is -2.44. The van der Waals surface area contributed by atoms with Crippen LogP contribution >= 0.6 is 0 Å². The minimum atomic E-state index is -0.555. The first-order valence-electron chi connectivity index (χ1n) is 10.6. The number of nitrogens with zero attached hydrogens (tertiary/aromatic N) is 2.